The van der Waals surface area contributed by atoms with Gasteiger partial charge in [0.05, 0.1) is 16.9 Å². The number of hydrogen-bond donors (Lipinski definition) is 1. The van der Waals surface area contributed by atoms with Gasteiger partial charge in [0.2, 0.25) is 19.7 Å². The molecule has 7 nitrogen and oxygen atoms in total. The lowest BCUT2D eigenvalue weighted by Gasteiger charge is -2.12. The summed E-state index contributed by atoms with van der Waals surface area (Å²) in [5.74, 6) is 0.565. The summed E-state index contributed by atoms with van der Waals surface area (Å²) in [5, 5.41) is 2.67. The lowest BCUT2D eigenvalue weighted by molar-refractivity contribution is 0.413. The molecule has 10 heteroatoms. The topological polar surface area (TPSA) is 102 Å². The van der Waals surface area contributed by atoms with Crippen LogP contribution in [0.15, 0.2) is 97.6 Å². The second-order valence-corrected chi connectivity index (χ2v) is 11.0. The van der Waals surface area contributed by atoms with Crippen LogP contribution >= 0.6 is 15.9 Å². The molecule has 0 unspecified atom stereocenters. The molecule has 30 heavy (non-hydrogen) atoms. The Morgan fingerprint density at radius 2 is 1.60 bits per heavy atom. The molecule has 0 aliphatic heterocycles. The summed E-state index contributed by atoms with van der Waals surface area (Å²) in [6, 6.07) is 16.2. The van der Waals surface area contributed by atoms with E-state index >= 15 is 0 Å². The molecular weight excluding hydrogens is 492 g/mol. The lowest BCUT2D eigenvalue weighted by Crippen LogP contribution is -2.17. The average Bonchev–Trinajstić information content (AvgIpc) is 2.75. The first-order valence-electron chi connectivity index (χ1n) is 8.53. The molecular formula is C20H17BrN2O5S2. The van der Waals surface area contributed by atoms with E-state index in [-0.39, 0.29) is 21.4 Å². The zero-order valence-corrected chi connectivity index (χ0v) is 18.9. The number of methoxy groups -OCH3 is 1. The van der Waals surface area contributed by atoms with Crippen molar-refractivity contribution < 1.29 is 21.6 Å². The van der Waals surface area contributed by atoms with Crippen LogP contribution in [0.25, 0.3) is 0 Å². The molecule has 1 heterocycles. The Morgan fingerprint density at radius 3 is 2.23 bits per heavy atom. The average molecular weight is 509 g/mol. The van der Waals surface area contributed by atoms with Gasteiger partial charge in [0.15, 0.2) is 4.24 Å². The van der Waals surface area contributed by atoms with Gasteiger partial charge in [-0.05, 0) is 58.4 Å². The number of rotatable bonds is 7. The standard InChI is InChI=1S/C20H17BrN2O5S2/c1-28-16-6-5-9-18(12-16)30(26,27)20(14-23-19-11-10-15(21)13-22-19)29(24,25)17-7-3-2-4-8-17/h2-14H,1H3,(H,22,23). The minimum atomic E-state index is -4.42. The first-order valence-corrected chi connectivity index (χ1v) is 12.3. The fraction of sp³-hybridized carbons (Fsp3) is 0.0500. The van der Waals surface area contributed by atoms with Crippen molar-refractivity contribution in [2.45, 2.75) is 9.79 Å². The predicted molar refractivity (Wildman–Crippen MR) is 117 cm³/mol. The molecule has 0 radical (unpaired) electrons. The fourth-order valence-electron chi connectivity index (χ4n) is 2.49. The maximum absolute atomic E-state index is 13.3. The van der Waals surface area contributed by atoms with Crippen molar-refractivity contribution in [3.05, 3.63) is 87.8 Å². The van der Waals surface area contributed by atoms with Crippen LogP contribution < -0.4 is 10.1 Å². The normalized spacial score (nSPS) is 12.4. The third-order valence-corrected chi connectivity index (χ3v) is 8.85. The molecule has 3 rings (SSSR count). The van der Waals surface area contributed by atoms with E-state index in [0.29, 0.717) is 0 Å². The first kappa shape index (κ1) is 22.0. The van der Waals surface area contributed by atoms with Crippen molar-refractivity contribution in [2.75, 3.05) is 12.4 Å². The van der Waals surface area contributed by atoms with Gasteiger partial charge in [-0.3, -0.25) is 0 Å². The molecule has 0 fully saturated rings. The maximum atomic E-state index is 13.3. The highest BCUT2D eigenvalue weighted by molar-refractivity contribution is 9.10. The van der Waals surface area contributed by atoms with Crippen molar-refractivity contribution >= 4 is 41.4 Å². The Bertz CT molecular complexity index is 1270. The van der Waals surface area contributed by atoms with Gasteiger partial charge in [-0.25, -0.2) is 21.8 Å². The number of nitrogens with one attached hydrogen (secondary N) is 1. The van der Waals surface area contributed by atoms with Crippen molar-refractivity contribution in [3.8, 4) is 5.75 Å². The summed E-state index contributed by atoms with van der Waals surface area (Å²) in [4.78, 5) is 3.72. The summed E-state index contributed by atoms with van der Waals surface area (Å²) in [7, 11) is -7.40. The Labute approximate surface area is 183 Å². The summed E-state index contributed by atoms with van der Waals surface area (Å²) in [5.41, 5.74) is 0. The summed E-state index contributed by atoms with van der Waals surface area (Å²) in [6.07, 6.45) is 2.44. The second-order valence-electron chi connectivity index (χ2n) is 5.97. The number of benzene rings is 2. The number of pyridine rings is 1. The van der Waals surface area contributed by atoms with E-state index in [2.05, 4.69) is 26.2 Å². The monoisotopic (exact) mass is 508 g/mol. The Hall–Kier alpha value is -2.69. The van der Waals surface area contributed by atoms with E-state index in [1.165, 1.54) is 55.8 Å². The van der Waals surface area contributed by atoms with Crippen LogP contribution in [0.1, 0.15) is 0 Å². The number of sulfone groups is 2. The van der Waals surface area contributed by atoms with Gasteiger partial charge in [0.25, 0.3) is 0 Å². The molecule has 0 saturated heterocycles. The highest BCUT2D eigenvalue weighted by Gasteiger charge is 2.34. The van der Waals surface area contributed by atoms with Crippen LogP contribution in [-0.2, 0) is 19.7 Å². The van der Waals surface area contributed by atoms with Gasteiger partial charge in [-0.1, -0.05) is 24.3 Å². The number of aromatic nitrogens is 1. The van der Waals surface area contributed by atoms with E-state index in [0.717, 1.165) is 10.7 Å². The molecule has 1 aromatic heterocycles. The van der Waals surface area contributed by atoms with Crippen molar-refractivity contribution in [1.82, 2.24) is 4.98 Å². The Kier molecular flexibility index (Phi) is 6.59. The van der Waals surface area contributed by atoms with Crippen molar-refractivity contribution in [1.29, 1.82) is 0 Å². The van der Waals surface area contributed by atoms with Gasteiger partial charge in [0, 0.05) is 16.9 Å². The molecule has 1 N–H and O–H groups in total. The number of halogens is 1. The summed E-state index contributed by atoms with van der Waals surface area (Å²) in [6.45, 7) is 0. The zero-order chi connectivity index (χ0) is 21.8. The molecule has 3 aromatic rings. The molecule has 0 spiro atoms. The molecule has 0 aliphatic carbocycles. The molecule has 2 aromatic carbocycles. The maximum Gasteiger partial charge on any atom is 0.219 e. The van der Waals surface area contributed by atoms with E-state index in [1.54, 1.807) is 24.3 Å². The minimum absolute atomic E-state index is 0.145. The van der Waals surface area contributed by atoms with Crippen LogP contribution in [-0.4, -0.2) is 28.9 Å². The third-order valence-electron chi connectivity index (χ3n) is 4.00. The van der Waals surface area contributed by atoms with E-state index in [4.69, 9.17) is 4.74 Å². The Morgan fingerprint density at radius 1 is 0.933 bits per heavy atom. The summed E-state index contributed by atoms with van der Waals surface area (Å²) >= 11 is 3.25. The van der Waals surface area contributed by atoms with Gasteiger partial charge >= 0.3 is 0 Å². The number of anilines is 1. The number of nitrogens with zero attached hydrogens (tertiary/aromatic N) is 1. The van der Waals surface area contributed by atoms with E-state index < -0.39 is 23.9 Å². The second kappa shape index (κ2) is 8.99. The molecule has 0 saturated carbocycles. The highest BCUT2D eigenvalue weighted by Crippen LogP contribution is 2.30. The van der Waals surface area contributed by atoms with Crippen LogP contribution in [0.5, 0.6) is 5.75 Å². The third kappa shape index (κ3) is 4.72. The minimum Gasteiger partial charge on any atom is -0.497 e. The van der Waals surface area contributed by atoms with Gasteiger partial charge < -0.3 is 10.1 Å². The van der Waals surface area contributed by atoms with E-state index in [9.17, 15) is 16.8 Å². The molecule has 0 aliphatic rings. The van der Waals surface area contributed by atoms with Crippen LogP contribution in [0, 0.1) is 0 Å². The van der Waals surface area contributed by atoms with E-state index in [1.807, 2.05) is 0 Å². The number of ether oxygens (including phenoxy) is 1. The zero-order valence-electron chi connectivity index (χ0n) is 15.7. The Balaban J connectivity index is 2.16. The van der Waals surface area contributed by atoms with Gasteiger partial charge in [0.1, 0.15) is 11.6 Å². The SMILES string of the molecule is COc1cccc(S(=O)(=O)C(=CNc2ccc(Br)cn2)S(=O)(=O)c2ccccc2)c1. The quantitative estimate of drug-likeness (QED) is 0.514. The van der Waals surface area contributed by atoms with Crippen LogP contribution in [0.3, 0.4) is 0 Å². The first-order chi connectivity index (χ1) is 14.2. The largest absolute Gasteiger partial charge is 0.497 e. The van der Waals surface area contributed by atoms with Crippen LogP contribution in [0.2, 0.25) is 0 Å². The smallest absolute Gasteiger partial charge is 0.219 e. The molecule has 0 amide bonds. The molecule has 0 bridgehead atoms. The van der Waals surface area contributed by atoms with Crippen molar-refractivity contribution in [2.24, 2.45) is 0 Å². The predicted octanol–water partition coefficient (Wildman–Crippen LogP) is 4.01. The van der Waals surface area contributed by atoms with Crippen molar-refractivity contribution in [3.63, 3.8) is 0 Å². The molecule has 0 atom stereocenters. The van der Waals surface area contributed by atoms with Gasteiger partial charge in [-0.15, -0.1) is 0 Å². The lowest BCUT2D eigenvalue weighted by atomic mass is 10.3. The summed E-state index contributed by atoms with van der Waals surface area (Å²) < 4.78 is 58.1. The number of hydrogen-bond acceptors (Lipinski definition) is 7. The fourth-order valence-corrected chi connectivity index (χ4v) is 6.40. The molecule has 156 valence electrons. The van der Waals surface area contributed by atoms with Crippen LogP contribution in [0.4, 0.5) is 5.82 Å². The highest BCUT2D eigenvalue weighted by atomic mass is 79.9. The van der Waals surface area contributed by atoms with Gasteiger partial charge in [-0.2, -0.15) is 0 Å².